The van der Waals surface area contributed by atoms with Gasteiger partial charge in [-0.3, -0.25) is 0 Å². The fourth-order valence-corrected chi connectivity index (χ4v) is 2.46. The van der Waals surface area contributed by atoms with Crippen LogP contribution >= 0.6 is 23.2 Å². The largest absolute Gasteiger partial charge is 0.494 e. The summed E-state index contributed by atoms with van der Waals surface area (Å²) < 4.78 is 18.9. The average Bonchev–Trinajstić information content (AvgIpc) is 2.45. The molecule has 1 N–H and O–H groups in total. The van der Waals surface area contributed by atoms with Crippen molar-refractivity contribution in [2.75, 3.05) is 7.11 Å². The normalized spacial score (nSPS) is 12.2. The second-order valence-corrected chi connectivity index (χ2v) is 5.56. The van der Waals surface area contributed by atoms with Crippen molar-refractivity contribution in [3.63, 3.8) is 0 Å². The van der Waals surface area contributed by atoms with Crippen LogP contribution in [-0.4, -0.2) is 18.3 Å². The topological polar surface area (TPSA) is 29.5 Å². The van der Waals surface area contributed by atoms with Crippen molar-refractivity contribution in [1.29, 1.82) is 0 Å². The third kappa shape index (κ3) is 4.10. The molecular formula is C16H15Cl2FO2. The van der Waals surface area contributed by atoms with Gasteiger partial charge in [-0.25, -0.2) is 4.39 Å². The monoisotopic (exact) mass is 328 g/mol. The van der Waals surface area contributed by atoms with E-state index in [1.54, 1.807) is 36.4 Å². The number of hydrogen-bond acceptors (Lipinski definition) is 2. The number of aliphatic hydroxyl groups excluding tert-OH is 1. The number of methoxy groups -OCH3 is 1. The molecule has 0 aliphatic rings. The summed E-state index contributed by atoms with van der Waals surface area (Å²) in [7, 11) is 1.41. The summed E-state index contributed by atoms with van der Waals surface area (Å²) in [6.45, 7) is 0. The number of hydrogen-bond donors (Lipinski definition) is 1. The molecule has 2 nitrogen and oxygen atoms in total. The van der Waals surface area contributed by atoms with Gasteiger partial charge in [-0.2, -0.15) is 0 Å². The summed E-state index contributed by atoms with van der Waals surface area (Å²) in [6.07, 6.45) is -0.152. The van der Waals surface area contributed by atoms with Gasteiger partial charge in [-0.15, -0.1) is 0 Å². The van der Waals surface area contributed by atoms with E-state index in [0.717, 1.165) is 5.56 Å². The minimum atomic E-state index is -0.719. The van der Waals surface area contributed by atoms with Crippen molar-refractivity contribution in [1.82, 2.24) is 0 Å². The van der Waals surface area contributed by atoms with E-state index < -0.39 is 11.9 Å². The molecule has 1 unspecified atom stereocenters. The smallest absolute Gasteiger partial charge is 0.168 e. The molecule has 0 saturated heterocycles. The summed E-state index contributed by atoms with van der Waals surface area (Å²) in [5, 5.41) is 11.0. The fourth-order valence-electron chi connectivity index (χ4n) is 2.14. The zero-order valence-corrected chi connectivity index (χ0v) is 13.0. The molecule has 0 aromatic heterocycles. The molecule has 2 rings (SSSR count). The lowest BCUT2D eigenvalue weighted by Gasteiger charge is -2.13. The van der Waals surface area contributed by atoms with E-state index in [1.807, 2.05) is 0 Å². The molecule has 2 aromatic carbocycles. The van der Waals surface area contributed by atoms with Crippen LogP contribution in [0.1, 0.15) is 11.1 Å². The lowest BCUT2D eigenvalue weighted by atomic mass is 10.0. The lowest BCUT2D eigenvalue weighted by Crippen LogP contribution is -2.15. The molecule has 0 saturated carbocycles. The molecule has 112 valence electrons. The molecule has 0 amide bonds. The van der Waals surface area contributed by atoms with E-state index >= 15 is 0 Å². The third-order valence-electron chi connectivity index (χ3n) is 3.17. The number of rotatable bonds is 5. The number of benzene rings is 2. The molecule has 2 aromatic rings. The Morgan fingerprint density at radius 1 is 1.14 bits per heavy atom. The Bertz CT molecular complexity index is 632. The maximum Gasteiger partial charge on any atom is 0.168 e. The first-order valence-electron chi connectivity index (χ1n) is 6.44. The highest BCUT2D eigenvalue weighted by Crippen LogP contribution is 2.25. The predicted octanol–water partition coefficient (Wildman–Crippen LogP) is 4.29. The maximum absolute atomic E-state index is 14.0. The lowest BCUT2D eigenvalue weighted by molar-refractivity contribution is 0.174. The Balaban J connectivity index is 2.08. The Hall–Kier alpha value is -1.29. The van der Waals surface area contributed by atoms with Crippen LogP contribution in [0.4, 0.5) is 4.39 Å². The number of ether oxygens (including phenoxy) is 1. The van der Waals surface area contributed by atoms with Crippen LogP contribution in [0.3, 0.4) is 0 Å². The minimum Gasteiger partial charge on any atom is -0.494 e. The van der Waals surface area contributed by atoms with E-state index in [0.29, 0.717) is 22.0 Å². The van der Waals surface area contributed by atoms with Gasteiger partial charge in [0, 0.05) is 6.42 Å². The molecular weight excluding hydrogens is 314 g/mol. The molecule has 0 bridgehead atoms. The molecule has 5 heteroatoms. The Kier molecular flexibility index (Phi) is 5.45. The Morgan fingerprint density at radius 2 is 1.90 bits per heavy atom. The van der Waals surface area contributed by atoms with E-state index in [2.05, 4.69) is 0 Å². The summed E-state index contributed by atoms with van der Waals surface area (Å²) in [5.74, 6) is -0.262. The van der Waals surface area contributed by atoms with Gasteiger partial charge in [0.2, 0.25) is 0 Å². The van der Waals surface area contributed by atoms with Crippen LogP contribution < -0.4 is 4.74 Å². The summed E-state index contributed by atoms with van der Waals surface area (Å²) in [5.41, 5.74) is 1.27. The zero-order valence-electron chi connectivity index (χ0n) is 11.4. The first kappa shape index (κ1) is 16.1. The van der Waals surface area contributed by atoms with Crippen molar-refractivity contribution in [2.45, 2.75) is 18.9 Å². The highest BCUT2D eigenvalue weighted by molar-refractivity contribution is 6.42. The van der Waals surface area contributed by atoms with Crippen LogP contribution in [0.2, 0.25) is 10.0 Å². The first-order chi connectivity index (χ1) is 10.0. The van der Waals surface area contributed by atoms with Crippen molar-refractivity contribution in [3.8, 4) is 5.75 Å². The van der Waals surface area contributed by atoms with E-state index in [4.69, 9.17) is 27.9 Å². The van der Waals surface area contributed by atoms with Crippen LogP contribution in [0.25, 0.3) is 0 Å². The minimum absolute atomic E-state index is 0.175. The third-order valence-corrected chi connectivity index (χ3v) is 3.91. The van der Waals surface area contributed by atoms with E-state index in [-0.39, 0.29) is 12.2 Å². The maximum atomic E-state index is 14.0. The molecule has 0 heterocycles. The fraction of sp³-hybridized carbons (Fsp3) is 0.250. The average molecular weight is 329 g/mol. The van der Waals surface area contributed by atoms with Gasteiger partial charge in [-0.05, 0) is 35.7 Å². The van der Waals surface area contributed by atoms with Gasteiger partial charge in [0.15, 0.2) is 11.6 Å². The highest BCUT2D eigenvalue weighted by Gasteiger charge is 2.14. The molecule has 1 atom stereocenters. The molecule has 0 aliphatic heterocycles. The van der Waals surface area contributed by atoms with Crippen LogP contribution in [-0.2, 0) is 12.8 Å². The SMILES string of the molecule is COc1cccc(CC(O)Cc2ccc(Cl)c(Cl)c2)c1F. The second kappa shape index (κ2) is 7.12. The second-order valence-electron chi connectivity index (χ2n) is 4.74. The Labute approximate surface area is 133 Å². The quantitative estimate of drug-likeness (QED) is 0.887. The molecule has 0 radical (unpaired) electrons. The van der Waals surface area contributed by atoms with Crippen LogP contribution in [0, 0.1) is 5.82 Å². The van der Waals surface area contributed by atoms with Gasteiger partial charge in [0.25, 0.3) is 0 Å². The van der Waals surface area contributed by atoms with Crippen LogP contribution in [0.15, 0.2) is 36.4 Å². The summed E-state index contributed by atoms with van der Waals surface area (Å²) in [4.78, 5) is 0. The molecule has 21 heavy (non-hydrogen) atoms. The number of halogens is 3. The molecule has 0 aliphatic carbocycles. The highest BCUT2D eigenvalue weighted by atomic mass is 35.5. The molecule has 0 spiro atoms. The van der Waals surface area contributed by atoms with Crippen molar-refractivity contribution >= 4 is 23.2 Å². The van der Waals surface area contributed by atoms with Gasteiger partial charge >= 0.3 is 0 Å². The molecule has 0 fully saturated rings. The van der Waals surface area contributed by atoms with Gasteiger partial charge in [0.05, 0.1) is 23.3 Å². The van der Waals surface area contributed by atoms with E-state index in [1.165, 1.54) is 7.11 Å². The zero-order chi connectivity index (χ0) is 15.4. The predicted molar refractivity (Wildman–Crippen MR) is 82.8 cm³/mol. The Morgan fingerprint density at radius 3 is 2.57 bits per heavy atom. The standard InChI is InChI=1S/C16H15Cl2FO2/c1-21-15-4-2-3-11(16(15)19)9-12(20)7-10-5-6-13(17)14(18)8-10/h2-6,8,12,20H,7,9H2,1H3. The van der Waals surface area contributed by atoms with Crippen LogP contribution in [0.5, 0.6) is 5.75 Å². The van der Waals surface area contributed by atoms with Crippen molar-refractivity contribution in [2.24, 2.45) is 0 Å². The summed E-state index contributed by atoms with van der Waals surface area (Å²) in [6, 6.07) is 10.1. The summed E-state index contributed by atoms with van der Waals surface area (Å²) >= 11 is 11.8. The van der Waals surface area contributed by atoms with Crippen molar-refractivity contribution < 1.29 is 14.2 Å². The van der Waals surface area contributed by atoms with E-state index in [9.17, 15) is 9.50 Å². The van der Waals surface area contributed by atoms with Gasteiger partial charge in [-0.1, -0.05) is 41.4 Å². The number of aliphatic hydroxyl groups is 1. The van der Waals surface area contributed by atoms with Crippen molar-refractivity contribution in [3.05, 3.63) is 63.4 Å². The van der Waals surface area contributed by atoms with Gasteiger partial charge < -0.3 is 9.84 Å². The first-order valence-corrected chi connectivity index (χ1v) is 7.20. The van der Waals surface area contributed by atoms with Gasteiger partial charge in [0.1, 0.15) is 0 Å².